The van der Waals surface area contributed by atoms with Crippen molar-refractivity contribution in [2.24, 2.45) is 11.7 Å². The first-order chi connectivity index (χ1) is 8.99. The average Bonchev–Trinajstić information content (AvgIpc) is 2.74. The number of likely N-dealkylation sites (tertiary alicyclic amines) is 1. The third-order valence-corrected chi connectivity index (χ3v) is 4.59. The second-order valence-electron chi connectivity index (χ2n) is 5.54. The minimum absolute atomic E-state index is 0.348. The van der Waals surface area contributed by atoms with Gasteiger partial charge in [0, 0.05) is 18.2 Å². The lowest BCUT2D eigenvalue weighted by Crippen LogP contribution is -2.21. The average molecular weight is 283 g/mol. The molecule has 0 aliphatic carbocycles. The summed E-state index contributed by atoms with van der Waals surface area (Å²) in [5.74, 6) is 1.37. The molecule has 106 valence electrons. The molecular weight excluding hydrogens is 260 g/mol. The van der Waals surface area contributed by atoms with Crippen LogP contribution in [0, 0.1) is 19.8 Å². The van der Waals surface area contributed by atoms with Crippen molar-refractivity contribution in [3.8, 4) is 5.75 Å². The largest absolute Gasteiger partial charge is 0.495 e. The molecule has 3 nitrogen and oxygen atoms in total. The standard InChI is InChI=1S/C15H23ClN2O/c1-9-5-12(16)15(19-4)14(10(9)2)13-6-11(7-17)8-18(13)3/h5,11,13H,6-8,17H2,1-4H3. The summed E-state index contributed by atoms with van der Waals surface area (Å²) in [5, 5.41) is 0.699. The zero-order chi connectivity index (χ0) is 14.2. The Hall–Kier alpha value is -0.770. The molecule has 1 fully saturated rings. The van der Waals surface area contributed by atoms with Crippen LogP contribution in [-0.2, 0) is 0 Å². The lowest BCUT2D eigenvalue weighted by atomic mass is 9.93. The number of nitrogens with two attached hydrogens (primary N) is 1. The number of hydrogen-bond donors (Lipinski definition) is 1. The summed E-state index contributed by atoms with van der Waals surface area (Å²) in [4.78, 5) is 2.36. The molecule has 0 aromatic heterocycles. The van der Waals surface area contributed by atoms with Gasteiger partial charge in [0.15, 0.2) is 0 Å². The summed E-state index contributed by atoms with van der Waals surface area (Å²) in [6.45, 7) is 6.02. The van der Waals surface area contributed by atoms with Gasteiger partial charge in [-0.15, -0.1) is 0 Å². The highest BCUT2D eigenvalue weighted by Crippen LogP contribution is 2.43. The van der Waals surface area contributed by atoms with Gasteiger partial charge in [-0.2, -0.15) is 0 Å². The highest BCUT2D eigenvalue weighted by atomic mass is 35.5. The third kappa shape index (κ3) is 2.60. The number of rotatable bonds is 3. The maximum absolute atomic E-state index is 6.33. The molecule has 0 bridgehead atoms. The SMILES string of the molecule is COc1c(Cl)cc(C)c(C)c1C1CC(CN)CN1C. The Labute approximate surface area is 120 Å². The van der Waals surface area contributed by atoms with Crippen molar-refractivity contribution in [2.45, 2.75) is 26.3 Å². The van der Waals surface area contributed by atoms with Gasteiger partial charge in [0.2, 0.25) is 0 Å². The van der Waals surface area contributed by atoms with Crippen LogP contribution in [0.3, 0.4) is 0 Å². The normalized spacial score (nSPS) is 23.9. The van der Waals surface area contributed by atoms with Gasteiger partial charge < -0.3 is 10.5 Å². The quantitative estimate of drug-likeness (QED) is 0.926. The second kappa shape index (κ2) is 5.70. The molecule has 0 saturated carbocycles. The molecule has 2 unspecified atom stereocenters. The van der Waals surface area contributed by atoms with Gasteiger partial charge >= 0.3 is 0 Å². The number of methoxy groups -OCH3 is 1. The summed E-state index contributed by atoms with van der Waals surface area (Å²) in [6.07, 6.45) is 1.07. The van der Waals surface area contributed by atoms with Gasteiger partial charge in [0.1, 0.15) is 5.75 Å². The van der Waals surface area contributed by atoms with Gasteiger partial charge in [-0.1, -0.05) is 11.6 Å². The van der Waals surface area contributed by atoms with E-state index in [-0.39, 0.29) is 0 Å². The van der Waals surface area contributed by atoms with Crippen LogP contribution >= 0.6 is 11.6 Å². The Bertz CT molecular complexity index is 476. The molecule has 0 radical (unpaired) electrons. The summed E-state index contributed by atoms with van der Waals surface area (Å²) >= 11 is 6.33. The Morgan fingerprint density at radius 3 is 2.68 bits per heavy atom. The van der Waals surface area contributed by atoms with Crippen molar-refractivity contribution in [3.05, 3.63) is 27.8 Å². The van der Waals surface area contributed by atoms with Crippen molar-refractivity contribution >= 4 is 11.6 Å². The Morgan fingerprint density at radius 1 is 1.47 bits per heavy atom. The first kappa shape index (κ1) is 14.6. The van der Waals surface area contributed by atoms with Crippen molar-refractivity contribution in [2.75, 3.05) is 27.2 Å². The maximum Gasteiger partial charge on any atom is 0.142 e. The van der Waals surface area contributed by atoms with E-state index in [0.29, 0.717) is 17.0 Å². The topological polar surface area (TPSA) is 38.5 Å². The number of nitrogens with zero attached hydrogens (tertiary/aromatic N) is 1. The Balaban J connectivity index is 2.49. The molecule has 1 aliphatic heterocycles. The van der Waals surface area contributed by atoms with E-state index in [0.717, 1.165) is 25.3 Å². The molecule has 1 aromatic rings. The van der Waals surface area contributed by atoms with E-state index >= 15 is 0 Å². The van der Waals surface area contributed by atoms with Gasteiger partial charge in [-0.05, 0) is 57.0 Å². The van der Waals surface area contributed by atoms with E-state index in [2.05, 4.69) is 25.8 Å². The predicted molar refractivity (Wildman–Crippen MR) is 80.0 cm³/mol. The molecule has 1 saturated heterocycles. The van der Waals surface area contributed by atoms with Crippen LogP contribution in [0.2, 0.25) is 5.02 Å². The fourth-order valence-corrected chi connectivity index (χ4v) is 3.44. The molecule has 1 heterocycles. The van der Waals surface area contributed by atoms with Crippen LogP contribution in [0.5, 0.6) is 5.75 Å². The molecule has 2 rings (SSSR count). The van der Waals surface area contributed by atoms with Gasteiger partial charge in [0.25, 0.3) is 0 Å². The summed E-state index contributed by atoms with van der Waals surface area (Å²) in [5.41, 5.74) is 9.54. The monoisotopic (exact) mass is 282 g/mol. The Morgan fingerprint density at radius 2 is 2.16 bits per heavy atom. The molecular formula is C15H23ClN2O. The van der Waals surface area contributed by atoms with Crippen LogP contribution in [0.4, 0.5) is 0 Å². The van der Waals surface area contributed by atoms with E-state index in [9.17, 15) is 0 Å². The van der Waals surface area contributed by atoms with Crippen molar-refractivity contribution in [3.63, 3.8) is 0 Å². The zero-order valence-corrected chi connectivity index (χ0v) is 12.9. The second-order valence-corrected chi connectivity index (χ2v) is 5.95. The third-order valence-electron chi connectivity index (χ3n) is 4.31. The zero-order valence-electron chi connectivity index (χ0n) is 12.2. The van der Waals surface area contributed by atoms with Gasteiger partial charge in [0.05, 0.1) is 12.1 Å². The molecule has 19 heavy (non-hydrogen) atoms. The smallest absolute Gasteiger partial charge is 0.142 e. The molecule has 2 N–H and O–H groups in total. The predicted octanol–water partition coefficient (Wildman–Crippen LogP) is 2.92. The number of aryl methyl sites for hydroxylation is 1. The van der Waals surface area contributed by atoms with Crippen LogP contribution in [0.1, 0.15) is 29.2 Å². The van der Waals surface area contributed by atoms with E-state index in [1.165, 1.54) is 16.7 Å². The maximum atomic E-state index is 6.33. The van der Waals surface area contributed by atoms with Crippen LogP contribution < -0.4 is 10.5 Å². The lowest BCUT2D eigenvalue weighted by Gasteiger charge is -2.25. The summed E-state index contributed by atoms with van der Waals surface area (Å²) < 4.78 is 5.55. The van der Waals surface area contributed by atoms with Crippen molar-refractivity contribution < 1.29 is 4.74 Å². The van der Waals surface area contributed by atoms with Crippen molar-refractivity contribution in [1.29, 1.82) is 0 Å². The van der Waals surface area contributed by atoms with E-state index in [4.69, 9.17) is 22.1 Å². The molecule has 0 spiro atoms. The fraction of sp³-hybridized carbons (Fsp3) is 0.600. The number of hydrogen-bond acceptors (Lipinski definition) is 3. The molecule has 4 heteroatoms. The van der Waals surface area contributed by atoms with Crippen LogP contribution in [0.25, 0.3) is 0 Å². The molecule has 1 aromatic carbocycles. The van der Waals surface area contributed by atoms with Crippen LogP contribution in [0.15, 0.2) is 6.07 Å². The lowest BCUT2D eigenvalue weighted by molar-refractivity contribution is 0.302. The van der Waals surface area contributed by atoms with E-state index in [1.54, 1.807) is 7.11 Å². The highest BCUT2D eigenvalue weighted by molar-refractivity contribution is 6.32. The summed E-state index contributed by atoms with van der Waals surface area (Å²) in [7, 11) is 3.84. The minimum atomic E-state index is 0.348. The molecule has 0 amide bonds. The number of halogens is 1. The minimum Gasteiger partial charge on any atom is -0.495 e. The Kier molecular flexibility index (Phi) is 4.39. The van der Waals surface area contributed by atoms with E-state index in [1.807, 2.05) is 6.07 Å². The highest BCUT2D eigenvalue weighted by Gasteiger charge is 2.33. The summed E-state index contributed by atoms with van der Waals surface area (Å²) in [6, 6.07) is 2.33. The first-order valence-electron chi connectivity index (χ1n) is 6.73. The number of ether oxygens (including phenoxy) is 1. The molecule has 2 atom stereocenters. The molecule has 1 aliphatic rings. The van der Waals surface area contributed by atoms with Gasteiger partial charge in [-0.3, -0.25) is 4.90 Å². The number of benzene rings is 1. The van der Waals surface area contributed by atoms with E-state index < -0.39 is 0 Å². The fourth-order valence-electron chi connectivity index (χ4n) is 3.10. The van der Waals surface area contributed by atoms with Crippen molar-refractivity contribution in [1.82, 2.24) is 4.90 Å². The van der Waals surface area contributed by atoms with Crippen LogP contribution in [-0.4, -0.2) is 32.1 Å². The van der Waals surface area contributed by atoms with Gasteiger partial charge in [-0.25, -0.2) is 0 Å². The first-order valence-corrected chi connectivity index (χ1v) is 7.11.